The predicted molar refractivity (Wildman–Crippen MR) is 89.8 cm³/mol. The molecule has 4 heterocycles. The fraction of sp³-hybridized carbons (Fsp3) is 0.474. The number of rotatable bonds is 4. The largest absolute Gasteiger partial charge is 0.396 e. The van der Waals surface area contributed by atoms with Gasteiger partial charge in [-0.25, -0.2) is 0 Å². The Hall–Kier alpha value is -1.58. The smallest absolute Gasteiger partial charge is 0.0504 e. The summed E-state index contributed by atoms with van der Waals surface area (Å²) in [5.41, 5.74) is 3.84. The summed E-state index contributed by atoms with van der Waals surface area (Å²) in [6.07, 6.45) is 5.39. The van der Waals surface area contributed by atoms with Crippen LogP contribution in [0.15, 0.2) is 36.9 Å². The number of aromatic nitrogens is 1. The van der Waals surface area contributed by atoms with Crippen molar-refractivity contribution in [1.29, 1.82) is 0 Å². The van der Waals surface area contributed by atoms with E-state index in [1.807, 2.05) is 0 Å². The quantitative estimate of drug-likeness (QED) is 0.850. The molecule has 1 aromatic carbocycles. The van der Waals surface area contributed by atoms with Gasteiger partial charge in [0.25, 0.3) is 0 Å². The summed E-state index contributed by atoms with van der Waals surface area (Å²) >= 11 is 0. The second-order valence-corrected chi connectivity index (χ2v) is 6.73. The van der Waals surface area contributed by atoms with E-state index in [9.17, 15) is 5.11 Å². The Morgan fingerprint density at radius 3 is 2.95 bits per heavy atom. The SMILES string of the molecule is C=C[C@H]1CN2CCC1C[C@H]2c1[nH]c2ccccc2c1CCO. The first-order valence-electron chi connectivity index (χ1n) is 8.38. The fourth-order valence-electron chi connectivity index (χ4n) is 4.52. The fourth-order valence-corrected chi connectivity index (χ4v) is 4.52. The number of hydrogen-bond donors (Lipinski definition) is 2. The summed E-state index contributed by atoms with van der Waals surface area (Å²) in [6.45, 7) is 6.54. The van der Waals surface area contributed by atoms with E-state index in [4.69, 9.17) is 0 Å². The summed E-state index contributed by atoms with van der Waals surface area (Å²) in [6, 6.07) is 8.95. The van der Waals surface area contributed by atoms with Crippen LogP contribution in [0.4, 0.5) is 0 Å². The standard InChI is InChI=1S/C19H24N2O/c1-2-13-12-21-9-7-14(13)11-18(21)19-16(8-10-22)15-5-3-4-6-17(15)20-19/h2-6,13-14,18,20,22H,1,7-12H2/t13-,14?,18-/m0/s1. The molecule has 2 unspecified atom stereocenters. The zero-order valence-corrected chi connectivity index (χ0v) is 13.0. The van der Waals surface area contributed by atoms with Gasteiger partial charge in [0.05, 0.1) is 6.04 Å². The summed E-state index contributed by atoms with van der Waals surface area (Å²) in [5.74, 6) is 1.41. The Kier molecular flexibility index (Phi) is 3.55. The number of aliphatic hydroxyl groups is 1. The summed E-state index contributed by atoms with van der Waals surface area (Å²) < 4.78 is 0. The van der Waals surface area contributed by atoms with Crippen molar-refractivity contribution in [3.63, 3.8) is 0 Å². The highest BCUT2D eigenvalue weighted by Gasteiger charge is 2.40. The Morgan fingerprint density at radius 1 is 1.36 bits per heavy atom. The molecule has 2 bridgehead atoms. The van der Waals surface area contributed by atoms with E-state index in [0.29, 0.717) is 12.0 Å². The van der Waals surface area contributed by atoms with Gasteiger partial charge in [-0.2, -0.15) is 0 Å². The molecule has 3 nitrogen and oxygen atoms in total. The molecule has 2 N–H and O–H groups in total. The molecule has 2 aromatic rings. The number of para-hydroxylation sites is 1. The molecule has 1 aromatic heterocycles. The van der Waals surface area contributed by atoms with Gasteiger partial charge in [-0.3, -0.25) is 4.90 Å². The third-order valence-corrected chi connectivity index (χ3v) is 5.65. The number of benzene rings is 1. The minimum Gasteiger partial charge on any atom is -0.396 e. The topological polar surface area (TPSA) is 39.3 Å². The van der Waals surface area contributed by atoms with E-state index >= 15 is 0 Å². The van der Waals surface area contributed by atoms with Crippen LogP contribution in [0.1, 0.15) is 30.1 Å². The number of fused-ring (bicyclic) bond motifs is 4. The number of aliphatic hydroxyl groups excluding tert-OH is 1. The number of H-pyrrole nitrogens is 1. The van der Waals surface area contributed by atoms with E-state index in [2.05, 4.69) is 46.8 Å². The second-order valence-electron chi connectivity index (χ2n) is 6.73. The van der Waals surface area contributed by atoms with Gasteiger partial charge in [0.15, 0.2) is 0 Å². The lowest BCUT2D eigenvalue weighted by Gasteiger charge is -2.49. The van der Waals surface area contributed by atoms with Gasteiger partial charge in [-0.05, 0) is 49.3 Å². The highest BCUT2D eigenvalue weighted by atomic mass is 16.2. The maximum absolute atomic E-state index is 9.49. The highest BCUT2D eigenvalue weighted by molar-refractivity contribution is 5.84. The van der Waals surface area contributed by atoms with Gasteiger partial charge in [0.2, 0.25) is 0 Å². The molecule has 3 fully saturated rings. The van der Waals surface area contributed by atoms with E-state index in [1.54, 1.807) is 0 Å². The van der Waals surface area contributed by atoms with Gasteiger partial charge in [-0.15, -0.1) is 6.58 Å². The highest BCUT2D eigenvalue weighted by Crippen LogP contribution is 2.45. The summed E-state index contributed by atoms with van der Waals surface area (Å²) in [7, 11) is 0. The number of hydrogen-bond acceptors (Lipinski definition) is 2. The monoisotopic (exact) mass is 296 g/mol. The molecule has 0 saturated carbocycles. The Morgan fingerprint density at radius 2 is 2.23 bits per heavy atom. The van der Waals surface area contributed by atoms with E-state index in [-0.39, 0.29) is 6.61 Å². The van der Waals surface area contributed by atoms with E-state index < -0.39 is 0 Å². The second kappa shape index (κ2) is 5.56. The van der Waals surface area contributed by atoms with Crippen LogP contribution >= 0.6 is 0 Å². The van der Waals surface area contributed by atoms with Crippen molar-refractivity contribution in [3.05, 3.63) is 48.2 Å². The molecule has 0 radical (unpaired) electrons. The van der Waals surface area contributed by atoms with E-state index in [0.717, 1.165) is 18.9 Å². The Balaban J connectivity index is 1.75. The van der Waals surface area contributed by atoms with Crippen molar-refractivity contribution in [1.82, 2.24) is 9.88 Å². The molecule has 0 aliphatic carbocycles. The van der Waals surface area contributed by atoms with Crippen LogP contribution in [0.3, 0.4) is 0 Å². The van der Waals surface area contributed by atoms with Gasteiger partial charge in [-0.1, -0.05) is 24.3 Å². The van der Waals surface area contributed by atoms with E-state index in [1.165, 1.54) is 41.5 Å². The minimum absolute atomic E-state index is 0.209. The lowest BCUT2D eigenvalue weighted by atomic mass is 9.74. The van der Waals surface area contributed by atoms with Crippen molar-refractivity contribution in [2.24, 2.45) is 11.8 Å². The van der Waals surface area contributed by atoms with Crippen LogP contribution in [0.25, 0.3) is 10.9 Å². The third kappa shape index (κ3) is 2.11. The lowest BCUT2D eigenvalue weighted by Crippen LogP contribution is -2.48. The van der Waals surface area contributed by atoms with Crippen LogP contribution < -0.4 is 0 Å². The molecule has 116 valence electrons. The first-order valence-corrected chi connectivity index (χ1v) is 8.38. The first kappa shape index (κ1) is 14.0. The van der Waals surface area contributed by atoms with Crippen molar-refractivity contribution >= 4 is 10.9 Å². The van der Waals surface area contributed by atoms with Crippen LogP contribution in [0, 0.1) is 11.8 Å². The van der Waals surface area contributed by atoms with Crippen molar-refractivity contribution in [3.8, 4) is 0 Å². The molecule has 0 amide bonds. The molecule has 3 aliphatic heterocycles. The zero-order valence-electron chi connectivity index (χ0n) is 13.0. The number of nitrogens with one attached hydrogen (secondary N) is 1. The Bertz CT molecular complexity index is 690. The number of nitrogens with zero attached hydrogens (tertiary/aromatic N) is 1. The average molecular weight is 296 g/mol. The molecule has 22 heavy (non-hydrogen) atoms. The average Bonchev–Trinajstić information content (AvgIpc) is 2.94. The molecule has 3 aliphatic rings. The van der Waals surface area contributed by atoms with Crippen LogP contribution in [0.2, 0.25) is 0 Å². The third-order valence-electron chi connectivity index (χ3n) is 5.65. The molecular weight excluding hydrogens is 272 g/mol. The van der Waals surface area contributed by atoms with Crippen molar-refractivity contribution in [2.75, 3.05) is 19.7 Å². The molecule has 0 spiro atoms. The molecule has 5 rings (SSSR count). The number of piperidine rings is 3. The predicted octanol–water partition coefficient (Wildman–Crippen LogP) is 3.27. The van der Waals surface area contributed by atoms with Gasteiger partial charge in [0.1, 0.15) is 0 Å². The lowest BCUT2D eigenvalue weighted by molar-refractivity contribution is 0.0163. The molecular formula is C19H24N2O. The zero-order chi connectivity index (χ0) is 15.1. The summed E-state index contributed by atoms with van der Waals surface area (Å²) in [5, 5.41) is 10.8. The van der Waals surface area contributed by atoms with Gasteiger partial charge in [0, 0.05) is 29.7 Å². The molecule has 3 heteroatoms. The molecule has 3 saturated heterocycles. The summed E-state index contributed by atoms with van der Waals surface area (Å²) in [4.78, 5) is 6.27. The van der Waals surface area contributed by atoms with Crippen LogP contribution in [-0.2, 0) is 6.42 Å². The van der Waals surface area contributed by atoms with Gasteiger partial charge >= 0.3 is 0 Å². The first-order chi connectivity index (χ1) is 10.8. The minimum atomic E-state index is 0.209. The molecule has 4 atom stereocenters. The van der Waals surface area contributed by atoms with Crippen molar-refractivity contribution in [2.45, 2.75) is 25.3 Å². The van der Waals surface area contributed by atoms with Crippen LogP contribution in [-0.4, -0.2) is 34.7 Å². The van der Waals surface area contributed by atoms with Crippen LogP contribution in [0.5, 0.6) is 0 Å². The van der Waals surface area contributed by atoms with Crippen molar-refractivity contribution < 1.29 is 5.11 Å². The normalized spacial score (nSPS) is 30.8. The maximum Gasteiger partial charge on any atom is 0.0504 e. The number of aromatic amines is 1. The maximum atomic E-state index is 9.49. The van der Waals surface area contributed by atoms with Gasteiger partial charge < -0.3 is 10.1 Å². The Labute approximate surface area is 131 Å².